The largest absolute Gasteiger partial charge is 0.392 e. The summed E-state index contributed by atoms with van der Waals surface area (Å²) in [6.07, 6.45) is 1.08. The molecule has 2 aromatic rings. The van der Waals surface area contributed by atoms with Gasteiger partial charge >= 0.3 is 0 Å². The highest BCUT2D eigenvalue weighted by molar-refractivity contribution is 5.78. The van der Waals surface area contributed by atoms with Gasteiger partial charge in [-0.2, -0.15) is 0 Å². The number of aromatic nitrogens is 2. The quantitative estimate of drug-likeness (QED) is 0.697. The molecule has 1 aromatic carbocycles. The molecule has 21 heavy (non-hydrogen) atoms. The van der Waals surface area contributed by atoms with Crippen molar-refractivity contribution in [3.8, 4) is 0 Å². The molecule has 1 aliphatic heterocycles. The number of nitrogens with zero attached hydrogens (tertiary/aromatic N) is 2. The first-order valence-electron chi connectivity index (χ1n) is 7.48. The zero-order chi connectivity index (χ0) is 14.5. The van der Waals surface area contributed by atoms with Gasteiger partial charge < -0.3 is 20.1 Å². The number of benzene rings is 1. The molecule has 1 aliphatic rings. The summed E-state index contributed by atoms with van der Waals surface area (Å²) in [5.74, 6) is 0.794. The number of hydrogen-bond donors (Lipinski definition) is 3. The lowest BCUT2D eigenvalue weighted by Gasteiger charge is -2.26. The first-order valence-corrected chi connectivity index (χ1v) is 7.48. The van der Waals surface area contributed by atoms with Gasteiger partial charge in [0.2, 0.25) is 5.95 Å². The lowest BCUT2D eigenvalue weighted by molar-refractivity contribution is 0.0378. The van der Waals surface area contributed by atoms with Gasteiger partial charge in [-0.05, 0) is 30.7 Å². The molecule has 1 fully saturated rings. The van der Waals surface area contributed by atoms with Crippen molar-refractivity contribution in [2.45, 2.75) is 13.0 Å². The number of aromatic amines is 1. The van der Waals surface area contributed by atoms with Crippen LogP contribution < -0.4 is 5.32 Å². The summed E-state index contributed by atoms with van der Waals surface area (Å²) in [4.78, 5) is 10.2. The first kappa shape index (κ1) is 14.3. The van der Waals surface area contributed by atoms with Crippen molar-refractivity contribution >= 4 is 17.0 Å². The molecule has 3 rings (SSSR count). The second-order valence-corrected chi connectivity index (χ2v) is 5.33. The van der Waals surface area contributed by atoms with Crippen LogP contribution in [-0.4, -0.2) is 59.4 Å². The van der Waals surface area contributed by atoms with Gasteiger partial charge in [0, 0.05) is 19.6 Å². The number of ether oxygens (including phenoxy) is 1. The van der Waals surface area contributed by atoms with E-state index in [1.165, 1.54) is 0 Å². The Hall–Kier alpha value is -1.63. The Morgan fingerprint density at radius 2 is 2.19 bits per heavy atom. The number of imidazole rings is 1. The molecule has 0 radical (unpaired) electrons. The zero-order valence-electron chi connectivity index (χ0n) is 12.1. The number of rotatable bonds is 6. The van der Waals surface area contributed by atoms with E-state index in [1.54, 1.807) is 0 Å². The number of aliphatic hydroxyl groups is 1. The predicted molar refractivity (Wildman–Crippen MR) is 82.4 cm³/mol. The van der Waals surface area contributed by atoms with E-state index in [0.717, 1.165) is 68.4 Å². The second-order valence-electron chi connectivity index (χ2n) is 5.33. The molecule has 6 nitrogen and oxygen atoms in total. The molecular weight excluding hydrogens is 268 g/mol. The van der Waals surface area contributed by atoms with E-state index in [0.29, 0.717) is 0 Å². The van der Waals surface area contributed by atoms with Crippen molar-refractivity contribution < 1.29 is 9.84 Å². The molecule has 1 saturated heterocycles. The summed E-state index contributed by atoms with van der Waals surface area (Å²) >= 11 is 0. The lowest BCUT2D eigenvalue weighted by Crippen LogP contribution is -2.37. The van der Waals surface area contributed by atoms with Crippen LogP contribution in [0.1, 0.15) is 12.0 Å². The third-order valence-electron chi connectivity index (χ3n) is 3.78. The van der Waals surface area contributed by atoms with Gasteiger partial charge in [0.05, 0.1) is 30.9 Å². The number of anilines is 1. The van der Waals surface area contributed by atoms with E-state index in [1.807, 2.05) is 18.2 Å². The maximum atomic E-state index is 9.14. The molecule has 0 unspecified atom stereocenters. The standard InChI is InChI=1S/C15H22N4O2/c20-11-12-2-3-13-14(10-12)18-15(17-13)16-4-1-5-19-6-8-21-9-7-19/h2-3,10,20H,1,4-9,11H2,(H2,16,17,18). The number of morpholine rings is 1. The summed E-state index contributed by atoms with van der Waals surface area (Å²) in [6.45, 7) is 5.81. The van der Waals surface area contributed by atoms with Gasteiger partial charge in [-0.1, -0.05) is 6.07 Å². The van der Waals surface area contributed by atoms with Crippen molar-refractivity contribution in [1.29, 1.82) is 0 Å². The molecule has 0 amide bonds. The molecule has 6 heteroatoms. The van der Waals surface area contributed by atoms with Crippen LogP contribution in [0.15, 0.2) is 18.2 Å². The van der Waals surface area contributed by atoms with Crippen LogP contribution in [0.4, 0.5) is 5.95 Å². The smallest absolute Gasteiger partial charge is 0.201 e. The number of H-pyrrole nitrogens is 1. The highest BCUT2D eigenvalue weighted by Crippen LogP contribution is 2.16. The Labute approximate surface area is 124 Å². The Bertz CT molecular complexity index is 578. The second kappa shape index (κ2) is 6.89. The van der Waals surface area contributed by atoms with Crippen molar-refractivity contribution in [2.24, 2.45) is 0 Å². The highest BCUT2D eigenvalue weighted by Gasteiger charge is 2.09. The van der Waals surface area contributed by atoms with Crippen LogP contribution in [0.5, 0.6) is 0 Å². The van der Waals surface area contributed by atoms with Crippen LogP contribution in [0.25, 0.3) is 11.0 Å². The first-order chi connectivity index (χ1) is 10.3. The van der Waals surface area contributed by atoms with Crippen molar-refractivity contribution in [1.82, 2.24) is 14.9 Å². The van der Waals surface area contributed by atoms with Gasteiger partial charge in [-0.25, -0.2) is 4.98 Å². The van der Waals surface area contributed by atoms with Gasteiger partial charge in [0.15, 0.2) is 0 Å². The molecule has 114 valence electrons. The van der Waals surface area contributed by atoms with Crippen LogP contribution in [-0.2, 0) is 11.3 Å². The van der Waals surface area contributed by atoms with E-state index >= 15 is 0 Å². The lowest BCUT2D eigenvalue weighted by atomic mass is 10.2. The third-order valence-corrected chi connectivity index (χ3v) is 3.78. The average molecular weight is 290 g/mol. The minimum absolute atomic E-state index is 0.0528. The zero-order valence-corrected chi connectivity index (χ0v) is 12.1. The minimum Gasteiger partial charge on any atom is -0.392 e. The number of hydrogen-bond acceptors (Lipinski definition) is 5. The molecule has 1 aromatic heterocycles. The van der Waals surface area contributed by atoms with Crippen molar-refractivity contribution in [3.63, 3.8) is 0 Å². The minimum atomic E-state index is 0.0528. The maximum absolute atomic E-state index is 9.14. The molecular formula is C15H22N4O2. The predicted octanol–water partition coefficient (Wildman–Crippen LogP) is 1.19. The Morgan fingerprint density at radius 1 is 1.33 bits per heavy atom. The van der Waals surface area contributed by atoms with Crippen LogP contribution in [0.3, 0.4) is 0 Å². The molecule has 0 saturated carbocycles. The highest BCUT2D eigenvalue weighted by atomic mass is 16.5. The molecule has 0 spiro atoms. The summed E-state index contributed by atoms with van der Waals surface area (Å²) < 4.78 is 5.34. The fourth-order valence-corrected chi connectivity index (χ4v) is 2.57. The summed E-state index contributed by atoms with van der Waals surface area (Å²) in [7, 11) is 0. The normalized spacial score (nSPS) is 16.4. The Balaban J connectivity index is 1.48. The Kier molecular flexibility index (Phi) is 4.69. The van der Waals surface area contributed by atoms with E-state index < -0.39 is 0 Å². The number of aliphatic hydroxyl groups excluding tert-OH is 1. The Morgan fingerprint density at radius 3 is 3.00 bits per heavy atom. The SMILES string of the molecule is OCc1ccc2nc(NCCCN3CCOCC3)[nH]c2c1. The number of nitrogens with one attached hydrogen (secondary N) is 2. The van der Waals surface area contributed by atoms with Crippen LogP contribution >= 0.6 is 0 Å². The van der Waals surface area contributed by atoms with Gasteiger partial charge in [-0.3, -0.25) is 4.90 Å². The molecule has 3 N–H and O–H groups in total. The van der Waals surface area contributed by atoms with Gasteiger partial charge in [0.25, 0.3) is 0 Å². The van der Waals surface area contributed by atoms with Crippen LogP contribution in [0.2, 0.25) is 0 Å². The molecule has 0 atom stereocenters. The molecule has 0 bridgehead atoms. The fraction of sp³-hybridized carbons (Fsp3) is 0.533. The topological polar surface area (TPSA) is 73.4 Å². The monoisotopic (exact) mass is 290 g/mol. The summed E-state index contributed by atoms with van der Waals surface area (Å²) in [5.41, 5.74) is 2.77. The van der Waals surface area contributed by atoms with Crippen molar-refractivity contribution in [2.75, 3.05) is 44.7 Å². The maximum Gasteiger partial charge on any atom is 0.201 e. The number of fused-ring (bicyclic) bond motifs is 1. The fourth-order valence-electron chi connectivity index (χ4n) is 2.57. The molecule has 2 heterocycles. The van der Waals surface area contributed by atoms with E-state index in [9.17, 15) is 0 Å². The average Bonchev–Trinajstić information content (AvgIpc) is 2.94. The van der Waals surface area contributed by atoms with Crippen molar-refractivity contribution in [3.05, 3.63) is 23.8 Å². The van der Waals surface area contributed by atoms with E-state index in [2.05, 4.69) is 20.2 Å². The van der Waals surface area contributed by atoms with E-state index in [4.69, 9.17) is 9.84 Å². The molecule has 0 aliphatic carbocycles. The van der Waals surface area contributed by atoms with Gasteiger partial charge in [0.1, 0.15) is 0 Å². The van der Waals surface area contributed by atoms with E-state index in [-0.39, 0.29) is 6.61 Å². The third kappa shape index (κ3) is 3.72. The summed E-state index contributed by atoms with van der Waals surface area (Å²) in [5, 5.41) is 12.5. The summed E-state index contributed by atoms with van der Waals surface area (Å²) in [6, 6.07) is 5.75. The van der Waals surface area contributed by atoms with Crippen LogP contribution in [0, 0.1) is 0 Å². The van der Waals surface area contributed by atoms with Gasteiger partial charge in [-0.15, -0.1) is 0 Å².